The molecular weight excluding hydrogens is 319 g/mol. The SMILES string of the molecule is Cc1ccccc1NC(=O)C(C)N(CCCl)CCCl.Cl. The molecule has 1 aromatic rings. The quantitative estimate of drug-likeness (QED) is 0.771. The van der Waals surface area contributed by atoms with Crippen LogP contribution in [0.1, 0.15) is 12.5 Å². The fourth-order valence-corrected chi connectivity index (χ4v) is 2.27. The average molecular weight is 340 g/mol. The van der Waals surface area contributed by atoms with Gasteiger partial charge < -0.3 is 5.32 Å². The van der Waals surface area contributed by atoms with Crippen molar-refractivity contribution < 1.29 is 4.79 Å². The van der Waals surface area contributed by atoms with Crippen LogP contribution in [0.4, 0.5) is 5.69 Å². The van der Waals surface area contributed by atoms with Gasteiger partial charge in [-0.15, -0.1) is 35.6 Å². The highest BCUT2D eigenvalue weighted by Gasteiger charge is 2.20. The van der Waals surface area contributed by atoms with E-state index in [1.54, 1.807) is 0 Å². The number of aryl methyl sites for hydroxylation is 1. The van der Waals surface area contributed by atoms with Crippen molar-refractivity contribution in [2.24, 2.45) is 0 Å². The van der Waals surface area contributed by atoms with Crippen molar-refractivity contribution in [2.75, 3.05) is 30.2 Å². The topological polar surface area (TPSA) is 32.3 Å². The second kappa shape index (κ2) is 10.3. The molecular formula is C14H21Cl3N2O. The molecule has 1 amide bonds. The molecule has 20 heavy (non-hydrogen) atoms. The molecule has 1 unspecified atom stereocenters. The minimum atomic E-state index is -0.253. The molecule has 0 aliphatic heterocycles. The van der Waals surface area contributed by atoms with Gasteiger partial charge in [-0.25, -0.2) is 0 Å². The highest BCUT2D eigenvalue weighted by atomic mass is 35.5. The zero-order chi connectivity index (χ0) is 14.3. The summed E-state index contributed by atoms with van der Waals surface area (Å²) in [5, 5.41) is 2.94. The van der Waals surface area contributed by atoms with Gasteiger partial charge in [-0.05, 0) is 25.5 Å². The maximum atomic E-state index is 12.2. The summed E-state index contributed by atoms with van der Waals surface area (Å²) >= 11 is 11.5. The second-order valence-corrected chi connectivity index (χ2v) is 5.15. The van der Waals surface area contributed by atoms with Crippen LogP contribution in [0.25, 0.3) is 0 Å². The van der Waals surface area contributed by atoms with Crippen LogP contribution in [0.3, 0.4) is 0 Å². The Hall–Kier alpha value is -0.480. The lowest BCUT2D eigenvalue weighted by Gasteiger charge is -2.26. The van der Waals surface area contributed by atoms with Crippen molar-refractivity contribution in [2.45, 2.75) is 19.9 Å². The van der Waals surface area contributed by atoms with E-state index >= 15 is 0 Å². The Balaban J connectivity index is 0.00000361. The standard InChI is InChI=1S/C14H20Cl2N2O.ClH/c1-11-5-3-4-6-13(11)17-14(19)12(2)18(9-7-15)10-8-16;/h3-6,12H,7-10H2,1-2H3,(H,17,19);1H. The molecule has 0 aliphatic rings. The smallest absolute Gasteiger partial charge is 0.241 e. The first-order valence-electron chi connectivity index (χ1n) is 6.32. The normalized spacial score (nSPS) is 11.8. The van der Waals surface area contributed by atoms with Crippen molar-refractivity contribution in [3.63, 3.8) is 0 Å². The zero-order valence-corrected chi connectivity index (χ0v) is 14.1. The predicted octanol–water partition coefficient (Wildman–Crippen LogP) is 3.52. The number of carbonyl (C=O) groups excluding carboxylic acids is 1. The van der Waals surface area contributed by atoms with E-state index in [0.717, 1.165) is 11.3 Å². The monoisotopic (exact) mass is 338 g/mol. The Morgan fingerprint density at radius 2 is 1.80 bits per heavy atom. The average Bonchev–Trinajstić information content (AvgIpc) is 2.40. The molecule has 1 N–H and O–H groups in total. The molecule has 0 radical (unpaired) electrons. The summed E-state index contributed by atoms with van der Waals surface area (Å²) in [4.78, 5) is 14.2. The maximum Gasteiger partial charge on any atom is 0.241 e. The van der Waals surface area contributed by atoms with E-state index in [1.165, 1.54) is 0 Å². The summed E-state index contributed by atoms with van der Waals surface area (Å²) in [6.45, 7) is 5.13. The molecule has 0 heterocycles. The van der Waals surface area contributed by atoms with Gasteiger partial charge in [-0.3, -0.25) is 9.69 Å². The van der Waals surface area contributed by atoms with Crippen molar-refractivity contribution >= 4 is 47.2 Å². The summed E-state index contributed by atoms with van der Waals surface area (Å²) in [6.07, 6.45) is 0. The summed E-state index contributed by atoms with van der Waals surface area (Å²) in [6, 6.07) is 7.46. The number of rotatable bonds is 7. The van der Waals surface area contributed by atoms with Gasteiger partial charge in [-0.2, -0.15) is 0 Å². The van der Waals surface area contributed by atoms with Crippen LogP contribution in [-0.2, 0) is 4.79 Å². The van der Waals surface area contributed by atoms with E-state index in [2.05, 4.69) is 5.32 Å². The van der Waals surface area contributed by atoms with Crippen molar-refractivity contribution in [3.05, 3.63) is 29.8 Å². The zero-order valence-electron chi connectivity index (χ0n) is 11.7. The van der Waals surface area contributed by atoms with Gasteiger partial charge >= 0.3 is 0 Å². The van der Waals surface area contributed by atoms with E-state index < -0.39 is 0 Å². The number of hydrogen-bond donors (Lipinski definition) is 1. The molecule has 1 aromatic carbocycles. The van der Waals surface area contributed by atoms with Gasteiger partial charge in [0, 0.05) is 30.5 Å². The number of anilines is 1. The number of carbonyl (C=O) groups is 1. The largest absolute Gasteiger partial charge is 0.324 e. The lowest BCUT2D eigenvalue weighted by molar-refractivity contribution is -0.120. The number of amides is 1. The van der Waals surface area contributed by atoms with Crippen molar-refractivity contribution in [1.82, 2.24) is 4.90 Å². The lowest BCUT2D eigenvalue weighted by Crippen LogP contribution is -2.44. The highest BCUT2D eigenvalue weighted by Crippen LogP contribution is 2.14. The Morgan fingerprint density at radius 1 is 1.25 bits per heavy atom. The molecule has 114 valence electrons. The molecule has 0 aliphatic carbocycles. The first-order chi connectivity index (χ1) is 9.10. The van der Waals surface area contributed by atoms with Crippen LogP contribution in [0, 0.1) is 6.92 Å². The molecule has 6 heteroatoms. The van der Waals surface area contributed by atoms with Crippen molar-refractivity contribution in [1.29, 1.82) is 0 Å². The number of alkyl halides is 2. The summed E-state index contributed by atoms with van der Waals surface area (Å²) in [7, 11) is 0. The molecule has 0 saturated carbocycles. The van der Waals surface area contributed by atoms with Crippen LogP contribution < -0.4 is 5.32 Å². The molecule has 0 spiro atoms. The minimum absolute atomic E-state index is 0. The number of nitrogens with one attached hydrogen (secondary N) is 1. The maximum absolute atomic E-state index is 12.2. The second-order valence-electron chi connectivity index (χ2n) is 4.39. The third kappa shape index (κ3) is 5.88. The molecule has 1 atom stereocenters. The van der Waals surface area contributed by atoms with E-state index in [0.29, 0.717) is 24.8 Å². The van der Waals surface area contributed by atoms with Gasteiger partial charge in [0.1, 0.15) is 0 Å². The van der Waals surface area contributed by atoms with Crippen LogP contribution in [0.2, 0.25) is 0 Å². The van der Waals surface area contributed by atoms with E-state index in [4.69, 9.17) is 23.2 Å². The molecule has 0 fully saturated rings. The predicted molar refractivity (Wildman–Crippen MR) is 89.5 cm³/mol. The van der Waals surface area contributed by atoms with Gasteiger partial charge in [0.25, 0.3) is 0 Å². The third-order valence-electron chi connectivity index (χ3n) is 3.07. The molecule has 0 aromatic heterocycles. The Labute approximate surface area is 137 Å². The Kier molecular flexibility index (Phi) is 10.0. The van der Waals surface area contributed by atoms with Gasteiger partial charge in [0.2, 0.25) is 5.91 Å². The fourth-order valence-electron chi connectivity index (χ4n) is 1.83. The first kappa shape index (κ1) is 19.5. The van der Waals surface area contributed by atoms with Crippen LogP contribution in [-0.4, -0.2) is 41.7 Å². The lowest BCUT2D eigenvalue weighted by atomic mass is 10.2. The summed E-state index contributed by atoms with van der Waals surface area (Å²) in [5.74, 6) is 0.933. The number of benzene rings is 1. The van der Waals surface area contributed by atoms with Crippen molar-refractivity contribution in [3.8, 4) is 0 Å². The van der Waals surface area contributed by atoms with Crippen LogP contribution in [0.15, 0.2) is 24.3 Å². The highest BCUT2D eigenvalue weighted by molar-refractivity contribution is 6.18. The molecule has 0 saturated heterocycles. The minimum Gasteiger partial charge on any atom is -0.324 e. The van der Waals surface area contributed by atoms with Gasteiger partial charge in [0.05, 0.1) is 6.04 Å². The number of halogens is 3. The first-order valence-corrected chi connectivity index (χ1v) is 7.39. The van der Waals surface area contributed by atoms with E-state index in [-0.39, 0.29) is 24.4 Å². The Morgan fingerprint density at radius 3 is 2.30 bits per heavy atom. The fraction of sp³-hybridized carbons (Fsp3) is 0.500. The molecule has 1 rings (SSSR count). The summed E-state index contributed by atoms with van der Waals surface area (Å²) in [5.41, 5.74) is 1.89. The number of nitrogens with zero attached hydrogens (tertiary/aromatic N) is 1. The summed E-state index contributed by atoms with van der Waals surface area (Å²) < 4.78 is 0. The van der Waals surface area contributed by atoms with Gasteiger partial charge in [-0.1, -0.05) is 18.2 Å². The number of hydrogen-bond acceptors (Lipinski definition) is 2. The van der Waals surface area contributed by atoms with Gasteiger partial charge in [0.15, 0.2) is 0 Å². The van der Waals surface area contributed by atoms with E-state index in [9.17, 15) is 4.79 Å². The van der Waals surface area contributed by atoms with E-state index in [1.807, 2.05) is 43.0 Å². The third-order valence-corrected chi connectivity index (χ3v) is 3.41. The molecule has 0 bridgehead atoms. The van der Waals surface area contributed by atoms with Crippen LogP contribution in [0.5, 0.6) is 0 Å². The van der Waals surface area contributed by atoms with Crippen LogP contribution >= 0.6 is 35.6 Å². The molecule has 3 nitrogen and oxygen atoms in total. The number of para-hydroxylation sites is 1. The Bertz CT molecular complexity index is 409.